The number of benzene rings is 1. The van der Waals surface area contributed by atoms with Crippen LogP contribution in [0.4, 0.5) is 10.6 Å². The first-order chi connectivity index (χ1) is 10.8. The number of aromatic nitrogens is 2. The minimum absolute atomic E-state index is 0.0181. The number of hydrogen-bond donors (Lipinski definition) is 2. The fraction of sp³-hybridized carbons (Fsp3) is 0.312. The zero-order chi connectivity index (χ0) is 15.2. The lowest BCUT2D eigenvalue weighted by Crippen LogP contribution is -2.44. The Labute approximate surface area is 129 Å². The molecule has 6 heteroatoms. The molecular formula is C16H19N5O. The van der Waals surface area contributed by atoms with Crippen molar-refractivity contribution in [3.63, 3.8) is 0 Å². The second-order valence-corrected chi connectivity index (χ2v) is 5.19. The Balaban J connectivity index is 1.43. The van der Waals surface area contributed by atoms with Gasteiger partial charge in [-0.25, -0.2) is 9.78 Å². The fourth-order valence-electron chi connectivity index (χ4n) is 2.53. The molecule has 1 aliphatic rings. The molecule has 0 fully saturated rings. The number of urea groups is 1. The van der Waals surface area contributed by atoms with Crippen molar-refractivity contribution >= 4 is 11.8 Å². The predicted molar refractivity (Wildman–Crippen MR) is 84.5 cm³/mol. The highest BCUT2D eigenvalue weighted by Gasteiger charge is 2.19. The zero-order valence-electron chi connectivity index (χ0n) is 12.3. The van der Waals surface area contributed by atoms with Crippen molar-refractivity contribution in [3.8, 4) is 0 Å². The van der Waals surface area contributed by atoms with Gasteiger partial charge in [-0.1, -0.05) is 24.3 Å². The van der Waals surface area contributed by atoms with E-state index in [1.165, 1.54) is 11.1 Å². The third-order valence-corrected chi connectivity index (χ3v) is 3.69. The first-order valence-corrected chi connectivity index (χ1v) is 7.42. The number of hydrogen-bond acceptors (Lipinski definition) is 4. The first-order valence-electron chi connectivity index (χ1n) is 7.42. The fourth-order valence-corrected chi connectivity index (χ4v) is 2.53. The Morgan fingerprint density at radius 2 is 2.05 bits per heavy atom. The van der Waals surface area contributed by atoms with Gasteiger partial charge in [0, 0.05) is 38.6 Å². The summed E-state index contributed by atoms with van der Waals surface area (Å²) in [5.74, 6) is 0.712. The molecule has 2 heterocycles. The highest BCUT2D eigenvalue weighted by atomic mass is 16.2. The number of nitrogens with one attached hydrogen (secondary N) is 2. The molecule has 114 valence electrons. The molecule has 22 heavy (non-hydrogen) atoms. The Bertz CT molecular complexity index is 631. The monoisotopic (exact) mass is 297 g/mol. The lowest BCUT2D eigenvalue weighted by Gasteiger charge is -2.29. The summed E-state index contributed by atoms with van der Waals surface area (Å²) in [6.45, 7) is 2.61. The summed E-state index contributed by atoms with van der Waals surface area (Å²) in [6, 6.07) is 8.27. The summed E-state index contributed by atoms with van der Waals surface area (Å²) in [5.41, 5.74) is 2.58. The van der Waals surface area contributed by atoms with Crippen LogP contribution in [0.15, 0.2) is 42.9 Å². The lowest BCUT2D eigenvalue weighted by molar-refractivity contribution is 0.193. The second-order valence-electron chi connectivity index (χ2n) is 5.19. The summed E-state index contributed by atoms with van der Waals surface area (Å²) in [4.78, 5) is 22.1. The van der Waals surface area contributed by atoms with E-state index in [1.54, 1.807) is 18.6 Å². The average Bonchev–Trinajstić information content (AvgIpc) is 2.59. The number of fused-ring (bicyclic) bond motifs is 1. The van der Waals surface area contributed by atoms with Crippen molar-refractivity contribution in [1.82, 2.24) is 20.2 Å². The highest BCUT2D eigenvalue weighted by Crippen LogP contribution is 2.18. The Morgan fingerprint density at radius 1 is 1.18 bits per heavy atom. The third kappa shape index (κ3) is 3.52. The van der Waals surface area contributed by atoms with Gasteiger partial charge in [-0.15, -0.1) is 0 Å². The summed E-state index contributed by atoms with van der Waals surface area (Å²) >= 11 is 0. The van der Waals surface area contributed by atoms with Gasteiger partial charge < -0.3 is 15.5 Å². The van der Waals surface area contributed by atoms with Crippen LogP contribution in [0, 0.1) is 0 Å². The van der Waals surface area contributed by atoms with Gasteiger partial charge in [0.25, 0.3) is 0 Å². The molecule has 1 aliphatic heterocycles. The number of carbonyl (C=O) groups is 1. The van der Waals surface area contributed by atoms with E-state index in [2.05, 4.69) is 32.7 Å². The van der Waals surface area contributed by atoms with Gasteiger partial charge in [0.05, 0.1) is 6.20 Å². The maximum Gasteiger partial charge on any atom is 0.317 e. The Kier molecular flexibility index (Phi) is 4.48. The van der Waals surface area contributed by atoms with Gasteiger partial charge in [0.2, 0.25) is 0 Å². The van der Waals surface area contributed by atoms with Gasteiger partial charge in [0.15, 0.2) is 0 Å². The van der Waals surface area contributed by atoms with Crippen LogP contribution in [0.1, 0.15) is 11.1 Å². The molecule has 2 amide bonds. The first kappa shape index (κ1) is 14.3. The summed E-state index contributed by atoms with van der Waals surface area (Å²) < 4.78 is 0. The van der Waals surface area contributed by atoms with Gasteiger partial charge >= 0.3 is 6.03 Å². The number of carbonyl (C=O) groups excluding carboxylic acids is 1. The number of rotatable bonds is 4. The van der Waals surface area contributed by atoms with E-state index < -0.39 is 0 Å². The quantitative estimate of drug-likeness (QED) is 0.842. The molecule has 6 nitrogen and oxygen atoms in total. The topological polar surface area (TPSA) is 70.1 Å². The van der Waals surface area contributed by atoms with Gasteiger partial charge in [-0.2, -0.15) is 0 Å². The van der Waals surface area contributed by atoms with Crippen LogP contribution in [-0.2, 0) is 13.0 Å². The number of anilines is 1. The highest BCUT2D eigenvalue weighted by molar-refractivity contribution is 5.74. The maximum atomic E-state index is 12.2. The van der Waals surface area contributed by atoms with Crippen LogP contribution in [0.2, 0.25) is 0 Å². The molecule has 0 spiro atoms. The molecule has 0 bridgehead atoms. The Hall–Kier alpha value is -2.63. The summed E-state index contributed by atoms with van der Waals surface area (Å²) in [5, 5.41) is 6.04. The molecule has 0 aliphatic carbocycles. The van der Waals surface area contributed by atoms with E-state index in [4.69, 9.17) is 0 Å². The van der Waals surface area contributed by atoms with Crippen LogP contribution in [0.3, 0.4) is 0 Å². The van der Waals surface area contributed by atoms with Crippen molar-refractivity contribution in [2.45, 2.75) is 13.0 Å². The summed E-state index contributed by atoms with van der Waals surface area (Å²) in [6.07, 6.45) is 5.83. The van der Waals surface area contributed by atoms with E-state index >= 15 is 0 Å². The van der Waals surface area contributed by atoms with Crippen molar-refractivity contribution in [3.05, 3.63) is 54.0 Å². The molecule has 3 rings (SSSR count). The third-order valence-electron chi connectivity index (χ3n) is 3.69. The van der Waals surface area contributed by atoms with E-state index in [1.807, 2.05) is 17.0 Å². The van der Waals surface area contributed by atoms with E-state index in [0.29, 0.717) is 25.5 Å². The van der Waals surface area contributed by atoms with Gasteiger partial charge in [-0.3, -0.25) is 4.98 Å². The normalized spacial score (nSPS) is 13.4. The molecule has 0 unspecified atom stereocenters. The average molecular weight is 297 g/mol. The maximum absolute atomic E-state index is 12.2. The second kappa shape index (κ2) is 6.89. The predicted octanol–water partition coefficient (Wildman–Crippen LogP) is 1.66. The molecule has 0 saturated heterocycles. The molecule has 1 aromatic carbocycles. The molecule has 2 N–H and O–H groups in total. The van der Waals surface area contributed by atoms with Gasteiger partial charge in [0.1, 0.15) is 5.82 Å². The smallest absolute Gasteiger partial charge is 0.317 e. The molecule has 0 radical (unpaired) electrons. The van der Waals surface area contributed by atoms with Crippen molar-refractivity contribution in [2.24, 2.45) is 0 Å². The van der Waals surface area contributed by atoms with Gasteiger partial charge in [-0.05, 0) is 17.5 Å². The Morgan fingerprint density at radius 3 is 2.86 bits per heavy atom. The molecular weight excluding hydrogens is 278 g/mol. The van der Waals surface area contributed by atoms with E-state index in [9.17, 15) is 4.79 Å². The van der Waals surface area contributed by atoms with Crippen LogP contribution in [0.5, 0.6) is 0 Å². The standard InChI is InChI=1S/C16H19N5O/c22-16(20-9-8-19-15-11-17-6-7-18-15)21-10-5-13-3-1-2-4-14(13)12-21/h1-4,6-7,11H,5,8-10,12H2,(H,18,19)(H,20,22). The van der Waals surface area contributed by atoms with Crippen LogP contribution in [-0.4, -0.2) is 40.5 Å². The number of nitrogens with zero attached hydrogens (tertiary/aromatic N) is 3. The van der Waals surface area contributed by atoms with E-state index in [0.717, 1.165) is 13.0 Å². The molecule has 1 aromatic heterocycles. The zero-order valence-corrected chi connectivity index (χ0v) is 12.3. The van der Waals surface area contributed by atoms with Crippen molar-refractivity contribution in [2.75, 3.05) is 25.0 Å². The minimum Gasteiger partial charge on any atom is -0.367 e. The van der Waals surface area contributed by atoms with Crippen LogP contribution in [0.25, 0.3) is 0 Å². The molecule has 0 atom stereocenters. The van der Waals surface area contributed by atoms with E-state index in [-0.39, 0.29) is 6.03 Å². The molecule has 0 saturated carbocycles. The lowest BCUT2D eigenvalue weighted by atomic mass is 10.0. The van der Waals surface area contributed by atoms with Crippen LogP contribution >= 0.6 is 0 Å². The van der Waals surface area contributed by atoms with Crippen molar-refractivity contribution in [1.29, 1.82) is 0 Å². The van der Waals surface area contributed by atoms with Crippen molar-refractivity contribution < 1.29 is 4.79 Å². The largest absolute Gasteiger partial charge is 0.367 e. The summed E-state index contributed by atoms with van der Waals surface area (Å²) in [7, 11) is 0. The SMILES string of the molecule is O=C(NCCNc1cnccn1)N1CCc2ccccc2C1. The molecule has 2 aromatic rings. The number of amides is 2. The van der Waals surface area contributed by atoms with Crippen LogP contribution < -0.4 is 10.6 Å². The minimum atomic E-state index is -0.0181.